The van der Waals surface area contributed by atoms with Crippen LogP contribution in [0.25, 0.3) is 5.52 Å². The zero-order valence-corrected chi connectivity index (χ0v) is 8.53. The van der Waals surface area contributed by atoms with Crippen LogP contribution in [0.5, 0.6) is 0 Å². The highest BCUT2D eigenvalue weighted by molar-refractivity contribution is 8.13. The molecule has 76 valence electrons. The second-order valence-corrected chi connectivity index (χ2v) is 3.97. The standard InChI is InChI=1S/C10H8N2O2S/c11-10(14)15-8-5-4-7-3-1-2-6-12(7)9(8)13/h1-6H,(H2,11,14). The molecule has 2 N–H and O–H groups in total. The number of nitrogens with two attached hydrogens (primary N) is 1. The topological polar surface area (TPSA) is 64.6 Å². The maximum absolute atomic E-state index is 11.8. The summed E-state index contributed by atoms with van der Waals surface area (Å²) in [6, 6.07) is 8.79. The molecular formula is C10H8N2O2S. The normalized spacial score (nSPS) is 10.4. The zero-order valence-electron chi connectivity index (χ0n) is 7.71. The molecule has 2 aromatic heterocycles. The second-order valence-electron chi connectivity index (χ2n) is 2.92. The number of aromatic nitrogens is 1. The third-order valence-corrected chi connectivity index (χ3v) is 2.67. The molecule has 0 unspecified atom stereocenters. The number of pyridine rings is 2. The number of thioether (sulfide) groups is 1. The number of amides is 1. The highest BCUT2D eigenvalue weighted by atomic mass is 32.2. The highest BCUT2D eigenvalue weighted by Crippen LogP contribution is 2.13. The van der Waals surface area contributed by atoms with E-state index in [9.17, 15) is 9.59 Å². The van der Waals surface area contributed by atoms with Gasteiger partial charge in [0.2, 0.25) is 0 Å². The van der Waals surface area contributed by atoms with E-state index in [1.54, 1.807) is 24.4 Å². The van der Waals surface area contributed by atoms with Gasteiger partial charge in [-0.1, -0.05) is 6.07 Å². The number of carbonyl (C=O) groups excluding carboxylic acids is 1. The first kappa shape index (κ1) is 9.79. The summed E-state index contributed by atoms with van der Waals surface area (Å²) < 4.78 is 1.48. The Bertz CT molecular complexity index is 577. The number of hydrogen-bond acceptors (Lipinski definition) is 3. The summed E-state index contributed by atoms with van der Waals surface area (Å²) in [6.45, 7) is 0. The number of fused-ring (bicyclic) bond motifs is 1. The summed E-state index contributed by atoms with van der Waals surface area (Å²) in [7, 11) is 0. The smallest absolute Gasteiger partial charge is 0.281 e. The minimum absolute atomic E-state index is 0.225. The second kappa shape index (κ2) is 3.78. The molecule has 0 aliphatic rings. The van der Waals surface area contributed by atoms with Crippen molar-refractivity contribution in [3.8, 4) is 0 Å². The average molecular weight is 220 g/mol. The lowest BCUT2D eigenvalue weighted by atomic mass is 10.3. The summed E-state index contributed by atoms with van der Waals surface area (Å²) in [5, 5.41) is -0.581. The van der Waals surface area contributed by atoms with Gasteiger partial charge >= 0.3 is 0 Å². The molecule has 4 nitrogen and oxygen atoms in total. The predicted octanol–water partition coefficient (Wildman–Crippen LogP) is 1.47. The minimum atomic E-state index is -0.581. The molecule has 2 rings (SSSR count). The third-order valence-electron chi connectivity index (χ3n) is 1.94. The summed E-state index contributed by atoms with van der Waals surface area (Å²) in [4.78, 5) is 22.8. The summed E-state index contributed by atoms with van der Waals surface area (Å²) in [5.74, 6) is 0. The van der Waals surface area contributed by atoms with E-state index in [1.807, 2.05) is 12.1 Å². The largest absolute Gasteiger partial charge is 0.360 e. The van der Waals surface area contributed by atoms with Crippen LogP contribution in [-0.2, 0) is 0 Å². The highest BCUT2D eigenvalue weighted by Gasteiger charge is 2.06. The van der Waals surface area contributed by atoms with Crippen LogP contribution >= 0.6 is 11.8 Å². The van der Waals surface area contributed by atoms with Gasteiger partial charge in [-0.3, -0.25) is 14.0 Å². The molecule has 0 aliphatic carbocycles. The van der Waals surface area contributed by atoms with Crippen LogP contribution in [0.4, 0.5) is 4.79 Å². The van der Waals surface area contributed by atoms with Crippen LogP contribution in [0, 0.1) is 0 Å². The average Bonchev–Trinajstić information content (AvgIpc) is 2.22. The fourth-order valence-corrected chi connectivity index (χ4v) is 1.85. The summed E-state index contributed by atoms with van der Waals surface area (Å²) in [6.07, 6.45) is 1.66. The number of nitrogens with zero attached hydrogens (tertiary/aromatic N) is 1. The van der Waals surface area contributed by atoms with Crippen molar-refractivity contribution in [3.63, 3.8) is 0 Å². The number of hydrogen-bond donors (Lipinski definition) is 1. The fraction of sp³-hybridized carbons (Fsp3) is 0. The first-order chi connectivity index (χ1) is 7.18. The van der Waals surface area contributed by atoms with Gasteiger partial charge in [-0.25, -0.2) is 0 Å². The van der Waals surface area contributed by atoms with E-state index in [-0.39, 0.29) is 5.56 Å². The molecule has 0 aromatic carbocycles. The molecule has 0 saturated heterocycles. The molecule has 1 amide bonds. The van der Waals surface area contributed by atoms with Gasteiger partial charge in [0, 0.05) is 11.7 Å². The van der Waals surface area contributed by atoms with Gasteiger partial charge in [-0.05, 0) is 36.0 Å². The van der Waals surface area contributed by atoms with Crippen molar-refractivity contribution in [3.05, 3.63) is 46.9 Å². The molecule has 0 radical (unpaired) electrons. The Labute approximate surface area is 89.7 Å². The van der Waals surface area contributed by atoms with Gasteiger partial charge in [-0.2, -0.15) is 0 Å². The van der Waals surface area contributed by atoms with Gasteiger partial charge in [-0.15, -0.1) is 0 Å². The first-order valence-corrected chi connectivity index (χ1v) is 5.08. The van der Waals surface area contributed by atoms with Gasteiger partial charge in [0.15, 0.2) is 0 Å². The van der Waals surface area contributed by atoms with Crippen molar-refractivity contribution in [1.29, 1.82) is 0 Å². The Morgan fingerprint density at radius 3 is 2.80 bits per heavy atom. The molecule has 2 heterocycles. The van der Waals surface area contributed by atoms with E-state index in [0.29, 0.717) is 4.90 Å². The van der Waals surface area contributed by atoms with E-state index >= 15 is 0 Å². The van der Waals surface area contributed by atoms with Crippen molar-refractivity contribution >= 4 is 22.5 Å². The van der Waals surface area contributed by atoms with E-state index in [2.05, 4.69) is 0 Å². The van der Waals surface area contributed by atoms with Gasteiger partial charge in [0.25, 0.3) is 10.8 Å². The molecule has 2 aromatic rings. The summed E-state index contributed by atoms with van der Waals surface area (Å²) in [5.41, 5.74) is 5.58. The minimum Gasteiger partial charge on any atom is -0.360 e. The SMILES string of the molecule is NC(=O)Sc1ccc2ccccn2c1=O. The van der Waals surface area contributed by atoms with Crippen LogP contribution in [0.15, 0.2) is 46.2 Å². The summed E-state index contributed by atoms with van der Waals surface area (Å²) >= 11 is 0.745. The molecule has 0 fully saturated rings. The Balaban J connectivity index is 2.65. The van der Waals surface area contributed by atoms with E-state index < -0.39 is 5.24 Å². The number of carbonyl (C=O) groups is 1. The lowest BCUT2D eigenvalue weighted by Gasteiger charge is -2.01. The molecule has 15 heavy (non-hydrogen) atoms. The maximum Gasteiger partial charge on any atom is 0.281 e. The first-order valence-electron chi connectivity index (χ1n) is 4.26. The zero-order chi connectivity index (χ0) is 10.8. The molecular weight excluding hydrogens is 212 g/mol. The van der Waals surface area contributed by atoms with E-state index in [0.717, 1.165) is 17.3 Å². The molecule has 0 bridgehead atoms. The monoisotopic (exact) mass is 220 g/mol. The Kier molecular flexibility index (Phi) is 2.47. The van der Waals surface area contributed by atoms with Crippen LogP contribution in [0.1, 0.15) is 0 Å². The van der Waals surface area contributed by atoms with Crippen molar-refractivity contribution in [2.45, 2.75) is 4.90 Å². The van der Waals surface area contributed by atoms with Crippen molar-refractivity contribution in [2.24, 2.45) is 5.73 Å². The molecule has 0 spiro atoms. The van der Waals surface area contributed by atoms with Gasteiger partial charge < -0.3 is 5.73 Å². The van der Waals surface area contributed by atoms with Crippen LogP contribution in [0.3, 0.4) is 0 Å². The fourth-order valence-electron chi connectivity index (χ4n) is 1.31. The molecule has 0 atom stereocenters. The van der Waals surface area contributed by atoms with E-state index in [1.165, 1.54) is 4.40 Å². The molecule has 0 aliphatic heterocycles. The maximum atomic E-state index is 11.8. The van der Waals surface area contributed by atoms with Crippen LogP contribution in [-0.4, -0.2) is 9.64 Å². The Morgan fingerprint density at radius 1 is 1.27 bits per heavy atom. The van der Waals surface area contributed by atoms with Crippen molar-refractivity contribution in [2.75, 3.05) is 0 Å². The molecule has 5 heteroatoms. The van der Waals surface area contributed by atoms with Crippen molar-refractivity contribution in [1.82, 2.24) is 4.40 Å². The predicted molar refractivity (Wildman–Crippen MR) is 59.1 cm³/mol. The van der Waals surface area contributed by atoms with Crippen molar-refractivity contribution < 1.29 is 4.79 Å². The van der Waals surface area contributed by atoms with Gasteiger partial charge in [0.05, 0.1) is 4.90 Å². The third kappa shape index (κ3) is 1.87. The number of rotatable bonds is 1. The van der Waals surface area contributed by atoms with Crippen LogP contribution < -0.4 is 11.3 Å². The van der Waals surface area contributed by atoms with E-state index in [4.69, 9.17) is 5.73 Å². The molecule has 0 saturated carbocycles. The Hall–Kier alpha value is -1.75. The quantitative estimate of drug-likeness (QED) is 0.740. The van der Waals surface area contributed by atoms with Crippen LogP contribution in [0.2, 0.25) is 0 Å². The lowest BCUT2D eigenvalue weighted by Crippen LogP contribution is -2.16. The van der Waals surface area contributed by atoms with Gasteiger partial charge in [0.1, 0.15) is 0 Å². The number of primary amides is 1. The Morgan fingerprint density at radius 2 is 2.07 bits per heavy atom. The lowest BCUT2D eigenvalue weighted by molar-refractivity contribution is 0.267.